The summed E-state index contributed by atoms with van der Waals surface area (Å²) in [5, 5.41) is 0. The minimum absolute atomic E-state index is 0.106. The largest absolute Gasteiger partial charge is 0.462 e. The summed E-state index contributed by atoms with van der Waals surface area (Å²) in [6, 6.07) is 0. The molecule has 0 rings (SSSR count). The van der Waals surface area contributed by atoms with Crippen molar-refractivity contribution in [2.24, 2.45) is 0 Å². The van der Waals surface area contributed by atoms with E-state index >= 15 is 0 Å². The summed E-state index contributed by atoms with van der Waals surface area (Å²) in [7, 11) is 0. The molecule has 0 spiro atoms. The topological polar surface area (TPSA) is 78.9 Å². The number of esters is 3. The molecule has 362 valence electrons. The fraction of sp³-hybridized carbons (Fsp3) is 0.737. The number of hydrogen-bond donors (Lipinski definition) is 0. The third kappa shape index (κ3) is 49.7. The number of rotatable bonds is 47. The first-order chi connectivity index (χ1) is 31.0. The summed E-state index contributed by atoms with van der Waals surface area (Å²) in [6.45, 7) is 6.53. The molecule has 0 saturated carbocycles. The van der Waals surface area contributed by atoms with E-state index in [9.17, 15) is 14.4 Å². The molecule has 0 amide bonds. The lowest BCUT2D eigenvalue weighted by molar-refractivity contribution is -0.167. The Balaban J connectivity index is 4.52. The first kappa shape index (κ1) is 59.9. The number of hydrogen-bond acceptors (Lipinski definition) is 6. The van der Waals surface area contributed by atoms with Crippen molar-refractivity contribution in [3.8, 4) is 0 Å². The monoisotopic (exact) mass is 879 g/mol. The first-order valence-corrected chi connectivity index (χ1v) is 26.4. The van der Waals surface area contributed by atoms with Crippen molar-refractivity contribution in [3.63, 3.8) is 0 Å². The predicted molar refractivity (Wildman–Crippen MR) is 270 cm³/mol. The molecule has 6 heteroatoms. The maximum atomic E-state index is 12.8. The molecule has 0 aromatic rings. The van der Waals surface area contributed by atoms with E-state index in [-0.39, 0.29) is 37.5 Å². The summed E-state index contributed by atoms with van der Waals surface area (Å²) in [5.74, 6) is -0.996. The molecule has 6 nitrogen and oxygen atoms in total. The van der Waals surface area contributed by atoms with Gasteiger partial charge in [0.05, 0.1) is 0 Å². The normalized spacial score (nSPS) is 12.6. The molecule has 0 heterocycles. The van der Waals surface area contributed by atoms with Crippen LogP contribution in [0.2, 0.25) is 0 Å². The van der Waals surface area contributed by atoms with Crippen molar-refractivity contribution < 1.29 is 28.6 Å². The van der Waals surface area contributed by atoms with Gasteiger partial charge in [-0.25, -0.2) is 0 Å². The molecule has 0 aliphatic heterocycles. The van der Waals surface area contributed by atoms with Gasteiger partial charge in [-0.3, -0.25) is 14.4 Å². The molecule has 0 aliphatic carbocycles. The second-order valence-electron chi connectivity index (χ2n) is 17.4. The highest BCUT2D eigenvalue weighted by Gasteiger charge is 2.19. The van der Waals surface area contributed by atoms with Crippen molar-refractivity contribution in [2.75, 3.05) is 13.2 Å². The molecule has 63 heavy (non-hydrogen) atoms. The molecule has 1 atom stereocenters. The highest BCUT2D eigenvalue weighted by Crippen LogP contribution is 2.14. The van der Waals surface area contributed by atoms with Crippen LogP contribution in [0, 0.1) is 0 Å². The highest BCUT2D eigenvalue weighted by molar-refractivity contribution is 5.71. The molecule has 0 aromatic carbocycles. The van der Waals surface area contributed by atoms with Crippen LogP contribution in [-0.2, 0) is 28.6 Å². The lowest BCUT2D eigenvalue weighted by atomic mass is 10.0. The fourth-order valence-corrected chi connectivity index (χ4v) is 7.17. The number of allylic oxidation sites excluding steroid dienone is 12. The van der Waals surface area contributed by atoms with Gasteiger partial charge in [-0.1, -0.05) is 216 Å². The van der Waals surface area contributed by atoms with Crippen LogP contribution in [0.1, 0.15) is 252 Å². The van der Waals surface area contributed by atoms with E-state index < -0.39 is 6.10 Å². The Morgan fingerprint density at radius 1 is 0.317 bits per heavy atom. The number of carbonyl (C=O) groups excluding carboxylic acids is 3. The third-order valence-electron chi connectivity index (χ3n) is 11.2. The summed E-state index contributed by atoms with van der Waals surface area (Å²) < 4.78 is 16.7. The van der Waals surface area contributed by atoms with Gasteiger partial charge >= 0.3 is 17.9 Å². The summed E-state index contributed by atoms with van der Waals surface area (Å²) in [5.41, 5.74) is 0. The molecule has 0 fully saturated rings. The second kappa shape index (κ2) is 51.5. The van der Waals surface area contributed by atoms with E-state index in [1.807, 2.05) is 0 Å². The summed E-state index contributed by atoms with van der Waals surface area (Å²) >= 11 is 0. The van der Waals surface area contributed by atoms with E-state index in [0.29, 0.717) is 19.3 Å². The molecular formula is C57H98O6. The molecule has 0 bridgehead atoms. The van der Waals surface area contributed by atoms with E-state index in [1.54, 1.807) is 0 Å². The van der Waals surface area contributed by atoms with Gasteiger partial charge in [0.25, 0.3) is 0 Å². The lowest BCUT2D eigenvalue weighted by Gasteiger charge is -2.18. The van der Waals surface area contributed by atoms with E-state index in [1.165, 1.54) is 135 Å². The zero-order valence-corrected chi connectivity index (χ0v) is 41.3. The maximum Gasteiger partial charge on any atom is 0.306 e. The second-order valence-corrected chi connectivity index (χ2v) is 17.4. The average Bonchev–Trinajstić information content (AvgIpc) is 3.28. The molecule has 0 radical (unpaired) electrons. The van der Waals surface area contributed by atoms with Gasteiger partial charge in [-0.15, -0.1) is 0 Å². The van der Waals surface area contributed by atoms with Crippen LogP contribution in [0.4, 0.5) is 0 Å². The Labute approximate surface area is 389 Å². The summed E-state index contributed by atoms with van der Waals surface area (Å²) in [6.07, 6.45) is 64.6. The molecule has 0 unspecified atom stereocenters. The van der Waals surface area contributed by atoms with E-state index in [0.717, 1.165) is 70.6 Å². The van der Waals surface area contributed by atoms with Gasteiger partial charge < -0.3 is 14.2 Å². The van der Waals surface area contributed by atoms with Gasteiger partial charge in [-0.2, -0.15) is 0 Å². The van der Waals surface area contributed by atoms with Crippen molar-refractivity contribution >= 4 is 17.9 Å². The Morgan fingerprint density at radius 3 is 1.00 bits per heavy atom. The van der Waals surface area contributed by atoms with Crippen LogP contribution >= 0.6 is 0 Å². The van der Waals surface area contributed by atoms with E-state index in [4.69, 9.17) is 14.2 Å². The zero-order valence-electron chi connectivity index (χ0n) is 41.3. The minimum Gasteiger partial charge on any atom is -0.462 e. The Bertz CT molecular complexity index is 1190. The van der Waals surface area contributed by atoms with Crippen molar-refractivity contribution in [1.29, 1.82) is 0 Å². The Kier molecular flexibility index (Phi) is 48.9. The van der Waals surface area contributed by atoms with Gasteiger partial charge in [0.15, 0.2) is 6.10 Å². The Hall–Kier alpha value is -3.15. The average molecular weight is 879 g/mol. The third-order valence-corrected chi connectivity index (χ3v) is 11.2. The molecule has 0 N–H and O–H groups in total. The molecule has 0 aromatic heterocycles. The quantitative estimate of drug-likeness (QED) is 0.0262. The minimum atomic E-state index is -0.815. The van der Waals surface area contributed by atoms with E-state index in [2.05, 4.69) is 93.7 Å². The van der Waals surface area contributed by atoms with Gasteiger partial charge in [-0.05, 0) is 89.9 Å². The molecule has 0 aliphatic rings. The maximum absolute atomic E-state index is 12.8. The smallest absolute Gasteiger partial charge is 0.306 e. The number of ether oxygens (including phenoxy) is 3. The first-order valence-electron chi connectivity index (χ1n) is 26.4. The number of unbranched alkanes of at least 4 members (excludes halogenated alkanes) is 24. The van der Waals surface area contributed by atoms with Gasteiger partial charge in [0, 0.05) is 19.3 Å². The summed E-state index contributed by atoms with van der Waals surface area (Å²) in [4.78, 5) is 38.0. The van der Waals surface area contributed by atoms with Gasteiger partial charge in [0.2, 0.25) is 0 Å². The van der Waals surface area contributed by atoms with Crippen molar-refractivity contribution in [3.05, 3.63) is 72.9 Å². The van der Waals surface area contributed by atoms with Crippen LogP contribution in [0.5, 0.6) is 0 Å². The fourth-order valence-electron chi connectivity index (χ4n) is 7.17. The Morgan fingerprint density at radius 2 is 0.587 bits per heavy atom. The van der Waals surface area contributed by atoms with Gasteiger partial charge in [0.1, 0.15) is 13.2 Å². The molecular weight excluding hydrogens is 781 g/mol. The van der Waals surface area contributed by atoms with Crippen LogP contribution in [0.3, 0.4) is 0 Å². The van der Waals surface area contributed by atoms with Crippen LogP contribution in [0.25, 0.3) is 0 Å². The predicted octanol–water partition coefficient (Wildman–Crippen LogP) is 17.4. The SMILES string of the molecule is CCCCC/C=C\C/C=C\C/C=C\CCCCC(=O)OC[C@H](COC(=O)CCCCCCCCCCCCCCC)OC(=O)CCC/C=C\C/C=C\C/C=C\CCCCCCCC. The van der Waals surface area contributed by atoms with Crippen molar-refractivity contribution in [1.82, 2.24) is 0 Å². The van der Waals surface area contributed by atoms with Crippen LogP contribution in [-0.4, -0.2) is 37.2 Å². The highest BCUT2D eigenvalue weighted by atomic mass is 16.6. The van der Waals surface area contributed by atoms with Crippen LogP contribution in [0.15, 0.2) is 72.9 Å². The standard InChI is InChI=1S/C57H98O6/c1-4-7-10-13-16-19-22-25-27-28-30-33-36-39-42-45-48-51-57(60)63-54(52-61-55(58)49-46-43-40-37-34-31-24-21-18-15-12-9-6-3)53-62-56(59)50-47-44-41-38-35-32-29-26-23-20-17-14-11-8-5-2/h17,20,25-27,29-30,33,35,38-39,42,54H,4-16,18-19,21-24,28,31-32,34,36-37,40-41,43-53H2,1-3H3/b20-17-,27-25-,29-26-,33-30-,38-35-,42-39-/t54-/m0/s1. The zero-order chi connectivity index (χ0) is 45.8. The molecule has 0 saturated heterocycles. The lowest BCUT2D eigenvalue weighted by Crippen LogP contribution is -2.30. The van der Waals surface area contributed by atoms with Crippen molar-refractivity contribution in [2.45, 2.75) is 258 Å². The number of carbonyl (C=O) groups is 3. The van der Waals surface area contributed by atoms with Crippen LogP contribution < -0.4 is 0 Å².